The van der Waals surface area contributed by atoms with Crippen LogP contribution in [0.3, 0.4) is 0 Å². The first kappa shape index (κ1) is 13.6. The average Bonchev–Trinajstić information content (AvgIpc) is 2.26. The fraction of sp³-hybridized carbons (Fsp3) is 0.538. The van der Waals surface area contributed by atoms with Gasteiger partial charge in [0.15, 0.2) is 0 Å². The second kappa shape index (κ2) is 6.28. The monoisotopic (exact) mass is 239 g/mol. The van der Waals surface area contributed by atoms with E-state index >= 15 is 0 Å². The van der Waals surface area contributed by atoms with Gasteiger partial charge in [-0.15, -0.1) is 0 Å². The van der Waals surface area contributed by atoms with Gasteiger partial charge >= 0.3 is 0 Å². The third kappa shape index (κ3) is 4.56. The van der Waals surface area contributed by atoms with E-state index in [2.05, 4.69) is 0 Å². The van der Waals surface area contributed by atoms with Crippen LogP contribution < -0.4 is 5.73 Å². The van der Waals surface area contributed by atoms with Gasteiger partial charge in [0, 0.05) is 11.8 Å². The van der Waals surface area contributed by atoms with E-state index in [0.29, 0.717) is 5.75 Å². The normalized spacial score (nSPS) is 16.8. The highest BCUT2D eigenvalue weighted by atomic mass is 32.2. The van der Waals surface area contributed by atoms with Gasteiger partial charge < -0.3 is 10.8 Å². The van der Waals surface area contributed by atoms with Crippen LogP contribution in [0.2, 0.25) is 0 Å². The molecule has 0 spiro atoms. The molecule has 90 valence electrons. The van der Waals surface area contributed by atoms with Crippen molar-refractivity contribution in [2.75, 3.05) is 11.5 Å². The molecule has 0 heterocycles. The third-order valence-electron chi connectivity index (χ3n) is 2.50. The lowest BCUT2D eigenvalue weighted by atomic mass is 9.99. The zero-order chi connectivity index (χ0) is 12.0. The Bertz CT molecular complexity index is 298. The van der Waals surface area contributed by atoms with Gasteiger partial charge in [-0.2, -0.15) is 11.8 Å². The molecule has 0 saturated carbocycles. The van der Waals surface area contributed by atoms with Crippen molar-refractivity contribution < 1.29 is 5.11 Å². The van der Waals surface area contributed by atoms with Crippen LogP contribution in [0.1, 0.15) is 25.8 Å². The molecule has 0 aliphatic rings. The number of hydrogen-bond donors (Lipinski definition) is 2. The predicted octanol–water partition coefficient (Wildman–Crippen LogP) is 2.36. The zero-order valence-corrected chi connectivity index (χ0v) is 10.8. The molecule has 2 unspecified atom stereocenters. The summed E-state index contributed by atoms with van der Waals surface area (Å²) in [6.45, 7) is 3.87. The molecule has 0 fully saturated rings. The number of benzene rings is 1. The Morgan fingerprint density at radius 3 is 2.56 bits per heavy atom. The van der Waals surface area contributed by atoms with Gasteiger partial charge in [0.25, 0.3) is 0 Å². The molecular formula is C13H21NOS. The molecule has 0 saturated heterocycles. The smallest absolute Gasteiger partial charge is 0.0958 e. The molecule has 0 aromatic heterocycles. The second-order valence-corrected chi connectivity index (χ2v) is 5.56. The van der Waals surface area contributed by atoms with Crippen molar-refractivity contribution in [1.29, 1.82) is 0 Å². The van der Waals surface area contributed by atoms with Crippen molar-refractivity contribution in [3.05, 3.63) is 35.9 Å². The molecule has 16 heavy (non-hydrogen) atoms. The van der Waals surface area contributed by atoms with Gasteiger partial charge in [0.2, 0.25) is 0 Å². The van der Waals surface area contributed by atoms with Gasteiger partial charge in [-0.25, -0.2) is 0 Å². The van der Waals surface area contributed by atoms with Crippen LogP contribution >= 0.6 is 11.8 Å². The Balaban J connectivity index is 2.40. The minimum Gasteiger partial charge on any atom is -0.385 e. The maximum atomic E-state index is 10.3. The van der Waals surface area contributed by atoms with Gasteiger partial charge in [0.1, 0.15) is 0 Å². The lowest BCUT2D eigenvalue weighted by Crippen LogP contribution is -2.25. The molecule has 3 N–H and O–H groups in total. The van der Waals surface area contributed by atoms with Crippen LogP contribution in [0, 0.1) is 0 Å². The fourth-order valence-corrected chi connectivity index (χ4v) is 2.67. The van der Waals surface area contributed by atoms with Crippen LogP contribution in [0.4, 0.5) is 0 Å². The molecule has 0 aliphatic carbocycles. The molecule has 1 rings (SSSR count). The first-order chi connectivity index (χ1) is 7.52. The number of hydrogen-bond acceptors (Lipinski definition) is 3. The minimum absolute atomic E-state index is 0.245. The quantitative estimate of drug-likeness (QED) is 0.749. The van der Waals surface area contributed by atoms with E-state index in [-0.39, 0.29) is 6.04 Å². The Kier molecular flexibility index (Phi) is 5.32. The van der Waals surface area contributed by atoms with Crippen LogP contribution in [0.15, 0.2) is 30.3 Å². The Hall–Kier alpha value is -0.510. The SMILES string of the molecule is CC(N)CCSCC(C)(O)c1ccccc1. The maximum absolute atomic E-state index is 10.3. The van der Waals surface area contributed by atoms with E-state index < -0.39 is 5.60 Å². The third-order valence-corrected chi connectivity index (χ3v) is 3.79. The maximum Gasteiger partial charge on any atom is 0.0958 e. The average molecular weight is 239 g/mol. The van der Waals surface area contributed by atoms with E-state index in [0.717, 1.165) is 17.7 Å². The zero-order valence-electron chi connectivity index (χ0n) is 10.0. The summed E-state index contributed by atoms with van der Waals surface area (Å²) >= 11 is 1.75. The van der Waals surface area contributed by atoms with Crippen LogP contribution in [-0.4, -0.2) is 22.7 Å². The highest BCUT2D eigenvalue weighted by Crippen LogP contribution is 2.25. The van der Waals surface area contributed by atoms with E-state index in [4.69, 9.17) is 5.73 Å². The fourth-order valence-electron chi connectivity index (χ4n) is 1.42. The largest absolute Gasteiger partial charge is 0.385 e. The highest BCUT2D eigenvalue weighted by molar-refractivity contribution is 7.99. The topological polar surface area (TPSA) is 46.2 Å². The van der Waals surface area contributed by atoms with Crippen molar-refractivity contribution in [2.45, 2.75) is 31.9 Å². The van der Waals surface area contributed by atoms with E-state index in [1.165, 1.54) is 0 Å². The summed E-state index contributed by atoms with van der Waals surface area (Å²) in [5.74, 6) is 1.71. The lowest BCUT2D eigenvalue weighted by molar-refractivity contribution is 0.0839. The Morgan fingerprint density at radius 1 is 1.38 bits per heavy atom. The molecule has 0 amide bonds. The number of thioether (sulfide) groups is 1. The van der Waals surface area contributed by atoms with Crippen LogP contribution in [0.25, 0.3) is 0 Å². The number of aliphatic hydroxyl groups is 1. The van der Waals surface area contributed by atoms with Crippen molar-refractivity contribution in [2.24, 2.45) is 5.73 Å². The Morgan fingerprint density at radius 2 is 2.00 bits per heavy atom. The molecule has 0 radical (unpaired) electrons. The summed E-state index contributed by atoms with van der Waals surface area (Å²) in [6.07, 6.45) is 0.996. The summed E-state index contributed by atoms with van der Waals surface area (Å²) in [5, 5.41) is 10.3. The second-order valence-electron chi connectivity index (χ2n) is 4.46. The number of rotatable bonds is 6. The molecular weight excluding hydrogens is 218 g/mol. The van der Waals surface area contributed by atoms with Crippen molar-refractivity contribution in [3.8, 4) is 0 Å². The summed E-state index contributed by atoms with van der Waals surface area (Å²) in [4.78, 5) is 0. The van der Waals surface area contributed by atoms with Crippen molar-refractivity contribution in [1.82, 2.24) is 0 Å². The van der Waals surface area contributed by atoms with Gasteiger partial charge in [-0.1, -0.05) is 30.3 Å². The molecule has 2 atom stereocenters. The summed E-state index contributed by atoms with van der Waals surface area (Å²) in [5.41, 5.74) is 5.91. The van der Waals surface area contributed by atoms with Crippen LogP contribution in [0.5, 0.6) is 0 Å². The van der Waals surface area contributed by atoms with Crippen LogP contribution in [-0.2, 0) is 5.60 Å². The molecule has 0 bridgehead atoms. The van der Waals surface area contributed by atoms with Crippen molar-refractivity contribution in [3.63, 3.8) is 0 Å². The van der Waals surface area contributed by atoms with Gasteiger partial charge in [0.05, 0.1) is 5.60 Å². The van der Waals surface area contributed by atoms with E-state index in [1.807, 2.05) is 44.2 Å². The summed E-state index contributed by atoms with van der Waals surface area (Å²) in [7, 11) is 0. The van der Waals surface area contributed by atoms with Gasteiger partial charge in [-0.05, 0) is 31.6 Å². The molecule has 0 aliphatic heterocycles. The van der Waals surface area contributed by atoms with E-state index in [1.54, 1.807) is 11.8 Å². The molecule has 1 aromatic rings. The lowest BCUT2D eigenvalue weighted by Gasteiger charge is -2.23. The van der Waals surface area contributed by atoms with E-state index in [9.17, 15) is 5.11 Å². The summed E-state index contributed by atoms with van der Waals surface area (Å²) in [6, 6.07) is 10.0. The Labute approximate surface area is 102 Å². The number of nitrogens with two attached hydrogens (primary N) is 1. The standard InChI is InChI=1S/C13H21NOS/c1-11(14)8-9-16-10-13(2,15)12-6-4-3-5-7-12/h3-7,11,15H,8-10,14H2,1-2H3. The highest BCUT2D eigenvalue weighted by Gasteiger charge is 2.22. The molecule has 3 heteroatoms. The summed E-state index contributed by atoms with van der Waals surface area (Å²) < 4.78 is 0. The van der Waals surface area contributed by atoms with Crippen molar-refractivity contribution >= 4 is 11.8 Å². The molecule has 2 nitrogen and oxygen atoms in total. The predicted molar refractivity (Wildman–Crippen MR) is 71.6 cm³/mol. The first-order valence-corrected chi connectivity index (χ1v) is 6.79. The molecule has 1 aromatic carbocycles. The van der Waals surface area contributed by atoms with Gasteiger partial charge in [-0.3, -0.25) is 0 Å². The minimum atomic E-state index is -0.746. The first-order valence-electron chi connectivity index (χ1n) is 5.63.